The Morgan fingerprint density at radius 2 is 2.15 bits per heavy atom. The Labute approximate surface area is 82.1 Å². The van der Waals surface area contributed by atoms with Crippen molar-refractivity contribution >= 4 is 0 Å². The van der Waals surface area contributed by atoms with Gasteiger partial charge in [0.25, 0.3) is 0 Å². The maximum absolute atomic E-state index is 6.13. The van der Waals surface area contributed by atoms with Gasteiger partial charge in [-0.05, 0) is 42.9 Å². The Kier molecular flexibility index (Phi) is 2.39. The summed E-state index contributed by atoms with van der Waals surface area (Å²) in [6.07, 6.45) is 8.37. The molecule has 13 heavy (non-hydrogen) atoms. The highest BCUT2D eigenvalue weighted by Gasteiger charge is 2.55. The standard InChI is InChI=1S/C12H23N/c1-3-9(2)7-10-8-11(13)12(10)5-4-6-12/h9-11H,3-8,13H2,1-2H3. The molecule has 2 saturated carbocycles. The quantitative estimate of drug-likeness (QED) is 0.711. The van der Waals surface area contributed by atoms with Gasteiger partial charge in [0.15, 0.2) is 0 Å². The second kappa shape index (κ2) is 3.27. The highest BCUT2D eigenvalue weighted by Crippen LogP contribution is 2.60. The SMILES string of the molecule is CCC(C)CC1CC(N)C12CCC2. The van der Waals surface area contributed by atoms with Crippen molar-refractivity contribution < 1.29 is 0 Å². The summed E-state index contributed by atoms with van der Waals surface area (Å²) in [6.45, 7) is 4.69. The molecule has 2 aliphatic rings. The normalized spacial score (nSPS) is 38.1. The summed E-state index contributed by atoms with van der Waals surface area (Å²) in [7, 11) is 0. The van der Waals surface area contributed by atoms with Crippen LogP contribution >= 0.6 is 0 Å². The van der Waals surface area contributed by atoms with Gasteiger partial charge in [0.1, 0.15) is 0 Å². The van der Waals surface area contributed by atoms with Gasteiger partial charge in [0, 0.05) is 6.04 Å². The summed E-state index contributed by atoms with van der Waals surface area (Å²) in [5.41, 5.74) is 6.75. The van der Waals surface area contributed by atoms with Gasteiger partial charge in [-0.15, -0.1) is 0 Å². The minimum Gasteiger partial charge on any atom is -0.327 e. The zero-order valence-electron chi connectivity index (χ0n) is 9.05. The van der Waals surface area contributed by atoms with Crippen LogP contribution in [0.5, 0.6) is 0 Å². The molecule has 0 aromatic carbocycles. The lowest BCUT2D eigenvalue weighted by Gasteiger charge is -2.61. The van der Waals surface area contributed by atoms with Gasteiger partial charge >= 0.3 is 0 Å². The first-order chi connectivity index (χ1) is 6.19. The van der Waals surface area contributed by atoms with Crippen molar-refractivity contribution in [2.24, 2.45) is 23.0 Å². The van der Waals surface area contributed by atoms with E-state index in [4.69, 9.17) is 5.73 Å². The minimum absolute atomic E-state index is 0.551. The van der Waals surface area contributed by atoms with Crippen molar-refractivity contribution in [3.8, 4) is 0 Å². The van der Waals surface area contributed by atoms with Crippen LogP contribution in [0.25, 0.3) is 0 Å². The second-order valence-electron chi connectivity index (χ2n) is 5.37. The van der Waals surface area contributed by atoms with Gasteiger partial charge in [-0.3, -0.25) is 0 Å². The van der Waals surface area contributed by atoms with E-state index in [1.54, 1.807) is 0 Å². The van der Waals surface area contributed by atoms with Crippen molar-refractivity contribution in [2.75, 3.05) is 0 Å². The maximum Gasteiger partial charge on any atom is 0.0101 e. The summed E-state index contributed by atoms with van der Waals surface area (Å²) < 4.78 is 0. The zero-order valence-corrected chi connectivity index (χ0v) is 9.05. The van der Waals surface area contributed by atoms with Crippen LogP contribution in [0.4, 0.5) is 0 Å². The molecule has 0 heterocycles. The first-order valence-corrected chi connectivity index (χ1v) is 5.94. The average molecular weight is 181 g/mol. The molecule has 0 aromatic heterocycles. The molecule has 0 bridgehead atoms. The Morgan fingerprint density at radius 3 is 2.54 bits per heavy atom. The molecule has 3 unspecified atom stereocenters. The van der Waals surface area contributed by atoms with Crippen LogP contribution in [-0.2, 0) is 0 Å². The molecule has 0 saturated heterocycles. The molecule has 3 atom stereocenters. The topological polar surface area (TPSA) is 26.0 Å². The first-order valence-electron chi connectivity index (χ1n) is 5.94. The van der Waals surface area contributed by atoms with E-state index in [1.807, 2.05) is 0 Å². The van der Waals surface area contributed by atoms with E-state index in [9.17, 15) is 0 Å². The van der Waals surface area contributed by atoms with E-state index in [-0.39, 0.29) is 0 Å². The molecule has 0 aliphatic heterocycles. The summed E-state index contributed by atoms with van der Waals surface area (Å²) >= 11 is 0. The molecule has 76 valence electrons. The summed E-state index contributed by atoms with van der Waals surface area (Å²) in [6, 6.07) is 0.551. The molecule has 0 radical (unpaired) electrons. The van der Waals surface area contributed by atoms with Crippen LogP contribution in [0.1, 0.15) is 52.4 Å². The van der Waals surface area contributed by atoms with Gasteiger partial charge in [-0.1, -0.05) is 26.7 Å². The van der Waals surface area contributed by atoms with Crippen LogP contribution < -0.4 is 5.73 Å². The molecular weight excluding hydrogens is 158 g/mol. The molecule has 2 rings (SSSR count). The Balaban J connectivity index is 1.88. The number of rotatable bonds is 3. The smallest absolute Gasteiger partial charge is 0.0101 e. The Bertz CT molecular complexity index is 184. The highest BCUT2D eigenvalue weighted by atomic mass is 14.8. The molecule has 2 N–H and O–H groups in total. The third kappa shape index (κ3) is 1.32. The minimum atomic E-state index is 0.551. The lowest BCUT2D eigenvalue weighted by molar-refractivity contribution is -0.0828. The van der Waals surface area contributed by atoms with Gasteiger partial charge < -0.3 is 5.73 Å². The lowest BCUT2D eigenvalue weighted by atomic mass is 9.46. The fourth-order valence-electron chi connectivity index (χ4n) is 3.27. The van der Waals surface area contributed by atoms with Gasteiger partial charge in [-0.2, -0.15) is 0 Å². The Hall–Kier alpha value is -0.0400. The van der Waals surface area contributed by atoms with Crippen LogP contribution in [-0.4, -0.2) is 6.04 Å². The lowest BCUT2D eigenvalue weighted by Crippen LogP contribution is -2.61. The van der Waals surface area contributed by atoms with E-state index >= 15 is 0 Å². The van der Waals surface area contributed by atoms with Crippen LogP contribution in [0.15, 0.2) is 0 Å². The summed E-state index contributed by atoms with van der Waals surface area (Å²) in [5, 5.41) is 0. The molecular formula is C12H23N. The zero-order chi connectivity index (χ0) is 9.47. The van der Waals surface area contributed by atoms with Crippen molar-refractivity contribution in [2.45, 2.75) is 58.4 Å². The van der Waals surface area contributed by atoms with E-state index < -0.39 is 0 Å². The van der Waals surface area contributed by atoms with Gasteiger partial charge in [0.2, 0.25) is 0 Å². The number of nitrogens with two attached hydrogens (primary N) is 1. The van der Waals surface area contributed by atoms with Crippen molar-refractivity contribution in [1.29, 1.82) is 0 Å². The van der Waals surface area contributed by atoms with Crippen molar-refractivity contribution in [3.63, 3.8) is 0 Å². The number of hydrogen-bond acceptors (Lipinski definition) is 1. The van der Waals surface area contributed by atoms with Gasteiger partial charge in [0.05, 0.1) is 0 Å². The van der Waals surface area contributed by atoms with Crippen LogP contribution in [0.3, 0.4) is 0 Å². The molecule has 1 spiro atoms. The fraction of sp³-hybridized carbons (Fsp3) is 1.00. The first kappa shape index (κ1) is 9.51. The maximum atomic E-state index is 6.13. The van der Waals surface area contributed by atoms with Crippen molar-refractivity contribution in [1.82, 2.24) is 0 Å². The largest absolute Gasteiger partial charge is 0.327 e. The van der Waals surface area contributed by atoms with E-state index in [1.165, 1.54) is 38.5 Å². The van der Waals surface area contributed by atoms with Crippen LogP contribution in [0, 0.1) is 17.3 Å². The fourth-order valence-corrected chi connectivity index (χ4v) is 3.27. The molecule has 1 heteroatoms. The van der Waals surface area contributed by atoms with Crippen LogP contribution in [0.2, 0.25) is 0 Å². The third-order valence-electron chi connectivity index (χ3n) is 4.76. The predicted molar refractivity (Wildman–Crippen MR) is 56.4 cm³/mol. The predicted octanol–water partition coefficient (Wildman–Crippen LogP) is 2.94. The van der Waals surface area contributed by atoms with E-state index in [0.29, 0.717) is 11.5 Å². The average Bonchev–Trinajstić information content (AvgIpc) is 2.00. The molecule has 2 aliphatic carbocycles. The summed E-state index contributed by atoms with van der Waals surface area (Å²) in [4.78, 5) is 0. The highest BCUT2D eigenvalue weighted by molar-refractivity contribution is 5.09. The van der Waals surface area contributed by atoms with Gasteiger partial charge in [-0.25, -0.2) is 0 Å². The van der Waals surface area contributed by atoms with E-state index in [0.717, 1.165) is 11.8 Å². The van der Waals surface area contributed by atoms with Crippen molar-refractivity contribution in [3.05, 3.63) is 0 Å². The monoisotopic (exact) mass is 181 g/mol. The molecule has 0 amide bonds. The van der Waals surface area contributed by atoms with E-state index in [2.05, 4.69) is 13.8 Å². The summed E-state index contributed by atoms with van der Waals surface area (Å²) in [5.74, 6) is 1.89. The Morgan fingerprint density at radius 1 is 1.46 bits per heavy atom. The third-order valence-corrected chi connectivity index (χ3v) is 4.76. The second-order valence-corrected chi connectivity index (χ2v) is 5.37. The number of hydrogen-bond donors (Lipinski definition) is 1. The molecule has 2 fully saturated rings. The molecule has 1 nitrogen and oxygen atoms in total. The molecule has 0 aromatic rings.